The smallest absolute Gasteiger partial charge is 0.241 e. The minimum atomic E-state index is -3.98. The Labute approximate surface area is 131 Å². The van der Waals surface area contributed by atoms with E-state index in [1.165, 1.54) is 17.0 Å². The predicted octanol–water partition coefficient (Wildman–Crippen LogP) is 1.61. The quantitative estimate of drug-likeness (QED) is 0.834. The van der Waals surface area contributed by atoms with Crippen molar-refractivity contribution in [2.45, 2.75) is 11.3 Å². The molecule has 0 saturated carbocycles. The fourth-order valence-corrected chi connectivity index (χ4v) is 3.14. The van der Waals surface area contributed by atoms with Gasteiger partial charge in [0.05, 0.1) is 18.1 Å². The molecule has 0 spiro atoms. The number of halogens is 2. The van der Waals surface area contributed by atoms with Crippen molar-refractivity contribution in [3.05, 3.63) is 21.6 Å². The van der Waals surface area contributed by atoms with Gasteiger partial charge in [0, 0.05) is 18.6 Å². The number of benzene rings is 1. The van der Waals surface area contributed by atoms with Crippen molar-refractivity contribution in [2.75, 3.05) is 20.7 Å². The molecule has 1 rings (SSSR count). The summed E-state index contributed by atoms with van der Waals surface area (Å²) in [4.78, 5) is 12.6. The average Bonchev–Trinajstić information content (AvgIpc) is 2.29. The van der Waals surface area contributed by atoms with E-state index in [4.69, 9.17) is 21.5 Å². The first-order chi connectivity index (χ1) is 9.12. The summed E-state index contributed by atoms with van der Waals surface area (Å²) in [6.07, 6.45) is 0.101. The minimum Gasteiger partial charge on any atom is -0.490 e. The monoisotopic (exact) mass is 384 g/mol. The van der Waals surface area contributed by atoms with Gasteiger partial charge in [-0.2, -0.15) is 0 Å². The lowest BCUT2D eigenvalue weighted by atomic mass is 10.3. The van der Waals surface area contributed by atoms with E-state index in [1.807, 2.05) is 0 Å². The van der Waals surface area contributed by atoms with Crippen molar-refractivity contribution in [3.63, 3.8) is 0 Å². The third kappa shape index (κ3) is 4.62. The number of hydrogen-bond donors (Lipinski definition) is 1. The van der Waals surface area contributed by atoms with Gasteiger partial charge in [-0.15, -0.1) is 0 Å². The topological polar surface area (TPSA) is 89.7 Å². The molecule has 6 nitrogen and oxygen atoms in total. The Morgan fingerprint density at radius 1 is 1.45 bits per heavy atom. The van der Waals surface area contributed by atoms with Crippen molar-refractivity contribution in [3.8, 4) is 5.75 Å². The van der Waals surface area contributed by atoms with E-state index in [0.29, 0.717) is 4.47 Å². The average molecular weight is 386 g/mol. The Morgan fingerprint density at radius 3 is 2.55 bits per heavy atom. The van der Waals surface area contributed by atoms with E-state index in [1.54, 1.807) is 14.1 Å². The van der Waals surface area contributed by atoms with E-state index in [2.05, 4.69) is 15.9 Å². The second-order valence-electron chi connectivity index (χ2n) is 4.15. The maximum Gasteiger partial charge on any atom is 0.241 e. The number of nitrogens with zero attached hydrogens (tertiary/aromatic N) is 1. The Balaban J connectivity index is 2.98. The number of primary sulfonamides is 1. The highest BCUT2D eigenvalue weighted by Gasteiger charge is 2.20. The van der Waals surface area contributed by atoms with Gasteiger partial charge in [0.2, 0.25) is 15.9 Å². The highest BCUT2D eigenvalue weighted by atomic mass is 79.9. The molecule has 2 N–H and O–H groups in total. The number of carbonyl (C=O) groups excluding carboxylic acids is 1. The van der Waals surface area contributed by atoms with Crippen molar-refractivity contribution >= 4 is 43.5 Å². The molecule has 9 heteroatoms. The summed E-state index contributed by atoms with van der Waals surface area (Å²) in [6, 6.07) is 2.78. The van der Waals surface area contributed by atoms with E-state index >= 15 is 0 Å². The van der Waals surface area contributed by atoms with Crippen molar-refractivity contribution in [1.29, 1.82) is 0 Å². The molecule has 0 heterocycles. The third-order valence-corrected chi connectivity index (χ3v) is 4.00. The van der Waals surface area contributed by atoms with Gasteiger partial charge in [0.25, 0.3) is 0 Å². The van der Waals surface area contributed by atoms with Crippen LogP contribution in [-0.4, -0.2) is 39.9 Å². The van der Waals surface area contributed by atoms with Crippen LogP contribution in [0.15, 0.2) is 21.5 Å². The van der Waals surface area contributed by atoms with Gasteiger partial charge in [-0.05, 0) is 12.1 Å². The molecule has 0 fully saturated rings. The van der Waals surface area contributed by atoms with Crippen LogP contribution in [0.4, 0.5) is 0 Å². The van der Waals surface area contributed by atoms with E-state index in [9.17, 15) is 13.2 Å². The van der Waals surface area contributed by atoms with Crippen LogP contribution < -0.4 is 9.88 Å². The molecule has 0 radical (unpaired) electrons. The first-order valence-corrected chi connectivity index (χ1v) is 8.19. The standard InChI is InChI=1S/C11H14BrClN2O4S/c1-15(2)10(16)3-4-19-11-8(13)5-7(12)6-9(11)20(14,17)18/h5-6H,3-4H2,1-2H3,(H2,14,17,18). The molecule has 1 aromatic carbocycles. The number of amides is 1. The Hall–Kier alpha value is -0.830. The first kappa shape index (κ1) is 17.2. The van der Waals surface area contributed by atoms with E-state index < -0.39 is 10.0 Å². The predicted molar refractivity (Wildman–Crippen MR) is 79.3 cm³/mol. The van der Waals surface area contributed by atoms with Gasteiger partial charge in [-0.1, -0.05) is 27.5 Å². The molecule has 0 aromatic heterocycles. The maximum absolute atomic E-state index is 11.5. The van der Waals surface area contributed by atoms with Gasteiger partial charge in [-0.25, -0.2) is 13.6 Å². The molecule has 0 atom stereocenters. The summed E-state index contributed by atoms with van der Waals surface area (Å²) >= 11 is 9.08. The van der Waals surface area contributed by atoms with Gasteiger partial charge >= 0.3 is 0 Å². The van der Waals surface area contributed by atoms with E-state index in [0.717, 1.165) is 0 Å². The molecule has 1 aromatic rings. The zero-order chi connectivity index (χ0) is 15.5. The number of sulfonamides is 1. The second-order valence-corrected chi connectivity index (χ2v) is 7.00. The maximum atomic E-state index is 11.5. The molecule has 20 heavy (non-hydrogen) atoms. The lowest BCUT2D eigenvalue weighted by Gasteiger charge is -2.14. The fourth-order valence-electron chi connectivity index (χ4n) is 1.35. The molecule has 0 aliphatic carbocycles. The summed E-state index contributed by atoms with van der Waals surface area (Å²) in [5, 5.41) is 5.21. The van der Waals surface area contributed by atoms with Crippen LogP contribution in [0.2, 0.25) is 5.02 Å². The lowest BCUT2D eigenvalue weighted by Crippen LogP contribution is -2.23. The zero-order valence-electron chi connectivity index (χ0n) is 10.9. The van der Waals surface area contributed by atoms with Crippen LogP contribution in [-0.2, 0) is 14.8 Å². The third-order valence-electron chi connectivity index (χ3n) is 2.34. The summed E-state index contributed by atoms with van der Waals surface area (Å²) in [6.45, 7) is 0.000879. The van der Waals surface area contributed by atoms with Crippen molar-refractivity contribution in [2.24, 2.45) is 5.14 Å². The molecule has 0 unspecified atom stereocenters. The Kier molecular flexibility index (Phi) is 5.81. The van der Waals surface area contributed by atoms with Crippen LogP contribution in [0.1, 0.15) is 6.42 Å². The van der Waals surface area contributed by atoms with Gasteiger partial charge in [0.1, 0.15) is 4.90 Å². The molecule has 0 aliphatic rings. The number of hydrogen-bond acceptors (Lipinski definition) is 4. The second kappa shape index (κ2) is 6.75. The van der Waals surface area contributed by atoms with Crippen LogP contribution in [0.3, 0.4) is 0 Å². The lowest BCUT2D eigenvalue weighted by molar-refractivity contribution is -0.129. The summed E-state index contributed by atoms with van der Waals surface area (Å²) < 4.78 is 28.8. The van der Waals surface area contributed by atoms with Crippen LogP contribution >= 0.6 is 27.5 Å². The van der Waals surface area contributed by atoms with Crippen LogP contribution in [0.25, 0.3) is 0 Å². The van der Waals surface area contributed by atoms with Crippen molar-refractivity contribution in [1.82, 2.24) is 4.90 Å². The normalized spacial score (nSPS) is 11.2. The summed E-state index contributed by atoms with van der Waals surface area (Å²) in [7, 11) is -0.749. The largest absolute Gasteiger partial charge is 0.490 e. The summed E-state index contributed by atoms with van der Waals surface area (Å²) in [5.74, 6) is -0.195. The Morgan fingerprint density at radius 2 is 2.05 bits per heavy atom. The van der Waals surface area contributed by atoms with Crippen LogP contribution in [0.5, 0.6) is 5.75 Å². The highest BCUT2D eigenvalue weighted by molar-refractivity contribution is 9.10. The molecular formula is C11H14BrClN2O4S. The number of rotatable bonds is 5. The SMILES string of the molecule is CN(C)C(=O)CCOc1c(Cl)cc(Br)cc1S(N)(=O)=O. The van der Waals surface area contributed by atoms with E-state index in [-0.39, 0.29) is 34.6 Å². The molecule has 112 valence electrons. The molecule has 1 amide bonds. The molecule has 0 aliphatic heterocycles. The van der Waals surface area contributed by atoms with Gasteiger partial charge in [-0.3, -0.25) is 4.79 Å². The van der Waals surface area contributed by atoms with Crippen molar-refractivity contribution < 1.29 is 17.9 Å². The molecular weight excluding hydrogens is 372 g/mol. The number of ether oxygens (including phenoxy) is 1. The number of carbonyl (C=O) groups is 1. The minimum absolute atomic E-state index is 0.000879. The first-order valence-electron chi connectivity index (χ1n) is 5.47. The highest BCUT2D eigenvalue weighted by Crippen LogP contribution is 2.35. The molecule has 0 bridgehead atoms. The van der Waals surface area contributed by atoms with Crippen LogP contribution in [0, 0.1) is 0 Å². The Bertz CT molecular complexity index is 619. The fraction of sp³-hybridized carbons (Fsp3) is 0.364. The van der Waals surface area contributed by atoms with Gasteiger partial charge in [0.15, 0.2) is 5.75 Å². The zero-order valence-corrected chi connectivity index (χ0v) is 14.0. The van der Waals surface area contributed by atoms with Gasteiger partial charge < -0.3 is 9.64 Å². The summed E-state index contributed by atoms with van der Waals surface area (Å²) in [5.41, 5.74) is 0. The number of nitrogens with two attached hydrogens (primary N) is 1. The molecule has 0 saturated heterocycles.